The molecule has 0 bridgehead atoms. The Kier molecular flexibility index (Phi) is 7.29. The summed E-state index contributed by atoms with van der Waals surface area (Å²) < 4.78 is 36.3. The Morgan fingerprint density at radius 3 is 2.67 bits per heavy atom. The Bertz CT molecular complexity index is 713. The summed E-state index contributed by atoms with van der Waals surface area (Å²) in [6.45, 7) is 3.32. The predicted molar refractivity (Wildman–Crippen MR) is 102 cm³/mol. The molecule has 0 atom stereocenters. The standard InChI is InChI=1S/C18H21ClF3N3OS/c1-17(16(26)24-6-9-27-12-18(20,21)22)4-7-25(8-5-17)15-3-2-14(19)10-13(15)11-23/h2-3,10H,4-9,12H2,1H3,(H,24,26). The molecule has 0 radical (unpaired) electrons. The molecule has 1 N–H and O–H groups in total. The number of piperidine rings is 1. The minimum Gasteiger partial charge on any atom is -0.370 e. The topological polar surface area (TPSA) is 56.1 Å². The maximum absolute atomic E-state index is 12.5. The van der Waals surface area contributed by atoms with Crippen LogP contribution in [0, 0.1) is 16.7 Å². The van der Waals surface area contributed by atoms with Gasteiger partial charge in [0.15, 0.2) is 0 Å². The summed E-state index contributed by atoms with van der Waals surface area (Å²) in [5, 5.41) is 12.5. The lowest BCUT2D eigenvalue weighted by molar-refractivity contribution is -0.131. The molecule has 2 rings (SSSR count). The fourth-order valence-corrected chi connectivity index (χ4v) is 3.77. The van der Waals surface area contributed by atoms with Crippen molar-refractivity contribution in [1.29, 1.82) is 5.26 Å². The molecule has 1 saturated heterocycles. The molecule has 1 fully saturated rings. The number of thioether (sulfide) groups is 1. The molecule has 1 aromatic carbocycles. The lowest BCUT2D eigenvalue weighted by Gasteiger charge is -2.39. The van der Waals surface area contributed by atoms with Crippen LogP contribution in [0.15, 0.2) is 18.2 Å². The van der Waals surface area contributed by atoms with Gasteiger partial charge in [0.05, 0.1) is 17.0 Å². The maximum atomic E-state index is 12.5. The number of alkyl halides is 3. The average Bonchev–Trinajstić information content (AvgIpc) is 2.61. The number of amides is 1. The van der Waals surface area contributed by atoms with E-state index in [2.05, 4.69) is 16.3 Å². The van der Waals surface area contributed by atoms with Gasteiger partial charge in [-0.2, -0.15) is 30.2 Å². The lowest BCUT2D eigenvalue weighted by Crippen LogP contribution is -2.48. The molecule has 0 unspecified atom stereocenters. The van der Waals surface area contributed by atoms with E-state index >= 15 is 0 Å². The predicted octanol–water partition coefficient (Wildman–Crippen LogP) is 4.23. The van der Waals surface area contributed by atoms with E-state index in [9.17, 15) is 23.2 Å². The summed E-state index contributed by atoms with van der Waals surface area (Å²) in [6.07, 6.45) is -2.98. The van der Waals surface area contributed by atoms with Crippen molar-refractivity contribution in [1.82, 2.24) is 5.32 Å². The number of carbonyl (C=O) groups excluding carboxylic acids is 1. The molecule has 148 valence electrons. The molecule has 0 spiro atoms. The Balaban J connectivity index is 1.84. The molecular weight excluding hydrogens is 399 g/mol. The summed E-state index contributed by atoms with van der Waals surface area (Å²) in [4.78, 5) is 14.5. The highest BCUT2D eigenvalue weighted by molar-refractivity contribution is 7.99. The average molecular weight is 420 g/mol. The molecule has 27 heavy (non-hydrogen) atoms. The molecule has 0 aromatic heterocycles. The lowest BCUT2D eigenvalue weighted by atomic mass is 9.79. The van der Waals surface area contributed by atoms with Crippen LogP contribution in [-0.2, 0) is 4.79 Å². The van der Waals surface area contributed by atoms with Crippen LogP contribution < -0.4 is 10.2 Å². The first kappa shape index (κ1) is 21.7. The second-order valence-corrected chi connectivity index (χ2v) is 8.29. The van der Waals surface area contributed by atoms with Gasteiger partial charge in [0, 0.05) is 35.8 Å². The number of benzene rings is 1. The second-order valence-electron chi connectivity index (χ2n) is 6.74. The third kappa shape index (κ3) is 6.22. The highest BCUT2D eigenvalue weighted by atomic mass is 35.5. The van der Waals surface area contributed by atoms with Gasteiger partial charge in [-0.25, -0.2) is 0 Å². The molecule has 0 aliphatic carbocycles. The summed E-state index contributed by atoms with van der Waals surface area (Å²) in [5.74, 6) is -0.812. The summed E-state index contributed by atoms with van der Waals surface area (Å²) in [6, 6.07) is 7.30. The number of nitrogens with one attached hydrogen (secondary N) is 1. The van der Waals surface area contributed by atoms with Gasteiger partial charge in [0.25, 0.3) is 0 Å². The number of halogens is 4. The fraction of sp³-hybridized carbons (Fsp3) is 0.556. The van der Waals surface area contributed by atoms with Crippen molar-refractivity contribution in [2.45, 2.75) is 25.9 Å². The second kappa shape index (κ2) is 9.07. The van der Waals surface area contributed by atoms with Gasteiger partial charge in [-0.3, -0.25) is 4.79 Å². The van der Waals surface area contributed by atoms with E-state index in [1.54, 1.807) is 12.1 Å². The summed E-state index contributed by atoms with van der Waals surface area (Å²) in [5.41, 5.74) is 0.731. The number of nitrogens with zero attached hydrogens (tertiary/aromatic N) is 2. The van der Waals surface area contributed by atoms with Gasteiger partial charge in [0.2, 0.25) is 5.91 Å². The molecule has 1 aromatic rings. The van der Waals surface area contributed by atoms with Crippen LogP contribution in [0.25, 0.3) is 0 Å². The van der Waals surface area contributed by atoms with Crippen LogP contribution in [0.3, 0.4) is 0 Å². The molecule has 0 saturated carbocycles. The Morgan fingerprint density at radius 1 is 1.41 bits per heavy atom. The van der Waals surface area contributed by atoms with Crippen LogP contribution in [0.2, 0.25) is 5.02 Å². The van der Waals surface area contributed by atoms with E-state index < -0.39 is 17.3 Å². The molecule has 1 heterocycles. The maximum Gasteiger partial charge on any atom is 0.397 e. The molecule has 1 aliphatic rings. The largest absolute Gasteiger partial charge is 0.397 e. The first-order valence-corrected chi connectivity index (χ1v) is 10.1. The minimum absolute atomic E-state index is 0.133. The van der Waals surface area contributed by atoms with E-state index in [-0.39, 0.29) is 18.2 Å². The van der Waals surface area contributed by atoms with Gasteiger partial charge in [-0.05, 0) is 31.0 Å². The van der Waals surface area contributed by atoms with Gasteiger partial charge < -0.3 is 10.2 Å². The van der Waals surface area contributed by atoms with Crippen LogP contribution in [0.1, 0.15) is 25.3 Å². The fourth-order valence-electron chi connectivity index (χ4n) is 2.98. The molecule has 4 nitrogen and oxygen atoms in total. The van der Waals surface area contributed by atoms with Crippen LogP contribution in [-0.4, -0.2) is 43.2 Å². The summed E-state index contributed by atoms with van der Waals surface area (Å²) in [7, 11) is 0. The monoisotopic (exact) mass is 419 g/mol. The van der Waals surface area contributed by atoms with E-state index in [1.807, 2.05) is 13.0 Å². The van der Waals surface area contributed by atoms with Crippen molar-refractivity contribution < 1.29 is 18.0 Å². The number of carbonyl (C=O) groups is 1. The van der Waals surface area contributed by atoms with Crippen molar-refractivity contribution in [2.24, 2.45) is 5.41 Å². The third-order valence-corrected chi connectivity index (χ3v) is 5.89. The van der Waals surface area contributed by atoms with Gasteiger partial charge >= 0.3 is 6.18 Å². The number of nitriles is 1. The zero-order valence-electron chi connectivity index (χ0n) is 14.9. The highest BCUT2D eigenvalue weighted by Gasteiger charge is 2.37. The van der Waals surface area contributed by atoms with Crippen LogP contribution in [0.4, 0.5) is 18.9 Å². The first-order chi connectivity index (χ1) is 12.6. The Hall–Kier alpha value is -1.59. The van der Waals surface area contributed by atoms with E-state index in [0.29, 0.717) is 36.5 Å². The number of hydrogen-bond acceptors (Lipinski definition) is 4. The van der Waals surface area contributed by atoms with Crippen molar-refractivity contribution in [3.63, 3.8) is 0 Å². The highest BCUT2D eigenvalue weighted by Crippen LogP contribution is 2.35. The number of rotatable bonds is 6. The Morgan fingerprint density at radius 2 is 2.07 bits per heavy atom. The van der Waals surface area contributed by atoms with Crippen LogP contribution in [0.5, 0.6) is 0 Å². The SMILES string of the molecule is CC1(C(=O)NCCSCC(F)(F)F)CCN(c2ccc(Cl)cc2C#N)CC1. The van der Waals surface area contributed by atoms with Crippen molar-refractivity contribution >= 4 is 35.0 Å². The minimum atomic E-state index is -4.18. The normalized spacial score (nSPS) is 16.7. The number of hydrogen-bond donors (Lipinski definition) is 1. The van der Waals surface area contributed by atoms with Gasteiger partial charge in [-0.15, -0.1) is 0 Å². The molecule has 1 aliphatic heterocycles. The molecule has 1 amide bonds. The van der Waals surface area contributed by atoms with E-state index in [1.165, 1.54) is 0 Å². The van der Waals surface area contributed by atoms with Crippen molar-refractivity contribution in [3.8, 4) is 6.07 Å². The first-order valence-electron chi connectivity index (χ1n) is 8.52. The zero-order valence-corrected chi connectivity index (χ0v) is 16.5. The third-order valence-electron chi connectivity index (χ3n) is 4.63. The Labute approximate surface area is 166 Å². The van der Waals surface area contributed by atoms with Crippen molar-refractivity contribution in [3.05, 3.63) is 28.8 Å². The van der Waals surface area contributed by atoms with E-state index in [0.717, 1.165) is 17.4 Å². The smallest absolute Gasteiger partial charge is 0.370 e. The molecule has 9 heteroatoms. The van der Waals surface area contributed by atoms with Crippen molar-refractivity contribution in [2.75, 3.05) is 36.0 Å². The van der Waals surface area contributed by atoms with E-state index in [4.69, 9.17) is 11.6 Å². The van der Waals surface area contributed by atoms with Gasteiger partial charge in [0.1, 0.15) is 6.07 Å². The summed E-state index contributed by atoms with van der Waals surface area (Å²) >= 11 is 6.69. The number of anilines is 1. The zero-order chi connectivity index (χ0) is 20.1. The van der Waals surface area contributed by atoms with Crippen LogP contribution >= 0.6 is 23.4 Å². The van der Waals surface area contributed by atoms with Gasteiger partial charge in [-0.1, -0.05) is 18.5 Å². The quantitative estimate of drug-likeness (QED) is 0.701. The molecular formula is C18H21ClF3N3OS.